The molecule has 0 aliphatic carbocycles. The van der Waals surface area contributed by atoms with E-state index in [1.165, 1.54) is 0 Å². The molecule has 2 unspecified atom stereocenters. The van der Waals surface area contributed by atoms with Crippen molar-refractivity contribution in [3.63, 3.8) is 0 Å². The SMILES string of the molecule is CCC1CN(c2cccnn2)CCC1N(C)c1nc(Nc2ccc3c(C)n(C)nc3c2)ncc1Cl. The topological polar surface area (TPSA) is 87.9 Å². The van der Waals surface area contributed by atoms with E-state index < -0.39 is 0 Å². The Balaban J connectivity index is 1.35. The van der Waals surface area contributed by atoms with Crippen LogP contribution < -0.4 is 15.1 Å². The van der Waals surface area contributed by atoms with Crippen LogP contribution in [0.2, 0.25) is 5.02 Å². The van der Waals surface area contributed by atoms with Crippen LogP contribution in [0.4, 0.5) is 23.3 Å². The van der Waals surface area contributed by atoms with Gasteiger partial charge in [-0.2, -0.15) is 15.2 Å². The van der Waals surface area contributed by atoms with E-state index in [2.05, 4.69) is 62.4 Å². The number of anilines is 4. The first-order chi connectivity index (χ1) is 16.9. The highest BCUT2D eigenvalue weighted by molar-refractivity contribution is 6.32. The van der Waals surface area contributed by atoms with Gasteiger partial charge in [-0.05, 0) is 56.0 Å². The van der Waals surface area contributed by atoms with E-state index in [1.54, 1.807) is 12.4 Å². The summed E-state index contributed by atoms with van der Waals surface area (Å²) in [4.78, 5) is 13.8. The molecular formula is C25H30ClN9. The first-order valence-electron chi connectivity index (χ1n) is 11.9. The van der Waals surface area contributed by atoms with Gasteiger partial charge in [-0.1, -0.05) is 18.5 Å². The van der Waals surface area contributed by atoms with Gasteiger partial charge in [0.25, 0.3) is 0 Å². The summed E-state index contributed by atoms with van der Waals surface area (Å²) >= 11 is 6.59. The zero-order chi connectivity index (χ0) is 24.5. The minimum absolute atomic E-state index is 0.306. The average molecular weight is 492 g/mol. The van der Waals surface area contributed by atoms with Crippen molar-refractivity contribution < 1.29 is 0 Å². The molecule has 4 aromatic rings. The van der Waals surface area contributed by atoms with Gasteiger partial charge in [-0.25, -0.2) is 4.98 Å². The minimum Gasteiger partial charge on any atom is -0.355 e. The van der Waals surface area contributed by atoms with Crippen LogP contribution in [0.15, 0.2) is 42.7 Å². The number of piperidine rings is 1. The van der Waals surface area contributed by atoms with Crippen LogP contribution in [-0.4, -0.2) is 56.1 Å². The number of aryl methyl sites for hydroxylation is 2. The number of aromatic nitrogens is 6. The molecule has 0 amide bonds. The predicted molar refractivity (Wildman–Crippen MR) is 141 cm³/mol. The van der Waals surface area contributed by atoms with Crippen LogP contribution in [0.25, 0.3) is 10.9 Å². The van der Waals surface area contributed by atoms with Gasteiger partial charge < -0.3 is 15.1 Å². The molecule has 35 heavy (non-hydrogen) atoms. The maximum atomic E-state index is 6.59. The van der Waals surface area contributed by atoms with Gasteiger partial charge in [0.15, 0.2) is 11.6 Å². The van der Waals surface area contributed by atoms with Crippen molar-refractivity contribution >= 4 is 45.8 Å². The fourth-order valence-electron chi connectivity index (χ4n) is 4.96. The fourth-order valence-corrected chi connectivity index (χ4v) is 5.19. The third-order valence-corrected chi connectivity index (χ3v) is 7.31. The van der Waals surface area contributed by atoms with Crippen LogP contribution >= 0.6 is 11.6 Å². The molecule has 0 bridgehead atoms. The molecule has 1 N–H and O–H groups in total. The van der Waals surface area contributed by atoms with Gasteiger partial charge in [-0.3, -0.25) is 4.68 Å². The molecule has 4 heterocycles. The zero-order valence-corrected chi connectivity index (χ0v) is 21.2. The van der Waals surface area contributed by atoms with Crippen molar-refractivity contribution in [2.45, 2.75) is 32.7 Å². The van der Waals surface area contributed by atoms with Crippen molar-refractivity contribution in [2.75, 3.05) is 35.3 Å². The Morgan fingerprint density at radius 3 is 2.89 bits per heavy atom. The molecule has 0 radical (unpaired) electrons. The van der Waals surface area contributed by atoms with E-state index in [0.29, 0.717) is 22.9 Å². The molecule has 1 aromatic carbocycles. The lowest BCUT2D eigenvalue weighted by Gasteiger charge is -2.43. The molecule has 0 spiro atoms. The second-order valence-electron chi connectivity index (χ2n) is 9.09. The standard InChI is InChI=1S/C25H30ClN9/c1-5-17-15-35(23-7-6-11-28-31-23)12-10-22(17)33(3)24-20(26)14-27-25(30-24)29-18-8-9-19-16(2)34(4)32-21(19)13-18/h6-9,11,13-14,17,22H,5,10,12,15H2,1-4H3,(H,27,29,30). The zero-order valence-electron chi connectivity index (χ0n) is 20.5. The number of nitrogens with one attached hydrogen (secondary N) is 1. The Morgan fingerprint density at radius 2 is 2.11 bits per heavy atom. The number of hydrogen-bond donors (Lipinski definition) is 1. The highest BCUT2D eigenvalue weighted by Crippen LogP contribution is 2.33. The van der Waals surface area contributed by atoms with E-state index >= 15 is 0 Å². The van der Waals surface area contributed by atoms with E-state index in [4.69, 9.17) is 16.6 Å². The van der Waals surface area contributed by atoms with Crippen LogP contribution in [0.3, 0.4) is 0 Å². The lowest BCUT2D eigenvalue weighted by Crippen LogP contribution is -2.50. The van der Waals surface area contributed by atoms with Crippen LogP contribution in [0, 0.1) is 12.8 Å². The van der Waals surface area contributed by atoms with E-state index in [9.17, 15) is 0 Å². The van der Waals surface area contributed by atoms with Crippen molar-refractivity contribution in [3.8, 4) is 0 Å². The highest BCUT2D eigenvalue weighted by Gasteiger charge is 2.33. The summed E-state index contributed by atoms with van der Waals surface area (Å²) in [5, 5.41) is 17.9. The van der Waals surface area contributed by atoms with Crippen LogP contribution in [-0.2, 0) is 7.05 Å². The Bertz CT molecular complexity index is 1320. The van der Waals surface area contributed by atoms with Gasteiger partial charge in [0.05, 0.1) is 11.7 Å². The maximum absolute atomic E-state index is 6.59. The molecule has 1 fully saturated rings. The smallest absolute Gasteiger partial charge is 0.229 e. The van der Waals surface area contributed by atoms with Crippen LogP contribution in [0.5, 0.6) is 0 Å². The van der Waals surface area contributed by atoms with E-state index in [0.717, 1.165) is 59.9 Å². The second kappa shape index (κ2) is 9.65. The summed E-state index contributed by atoms with van der Waals surface area (Å²) < 4.78 is 1.89. The molecule has 1 aliphatic heterocycles. The molecule has 182 valence electrons. The molecule has 9 nitrogen and oxygen atoms in total. The Hall–Kier alpha value is -3.46. The molecule has 1 aliphatic rings. The molecule has 3 aromatic heterocycles. The van der Waals surface area contributed by atoms with E-state index in [1.807, 2.05) is 36.0 Å². The quantitative estimate of drug-likeness (QED) is 0.418. The third-order valence-electron chi connectivity index (χ3n) is 7.04. The Morgan fingerprint density at radius 1 is 1.26 bits per heavy atom. The molecule has 1 saturated heterocycles. The number of rotatable bonds is 6. The number of halogens is 1. The van der Waals surface area contributed by atoms with E-state index in [-0.39, 0.29) is 0 Å². The Labute approximate surface area is 210 Å². The van der Waals surface area contributed by atoms with Crippen molar-refractivity contribution in [1.29, 1.82) is 0 Å². The van der Waals surface area contributed by atoms with Gasteiger partial charge in [-0.15, -0.1) is 5.10 Å². The number of nitrogens with zero attached hydrogens (tertiary/aromatic N) is 8. The Kier molecular flexibility index (Phi) is 6.42. The van der Waals surface area contributed by atoms with Crippen LogP contribution in [0.1, 0.15) is 25.5 Å². The summed E-state index contributed by atoms with van der Waals surface area (Å²) in [6.45, 7) is 6.12. The minimum atomic E-state index is 0.306. The van der Waals surface area contributed by atoms with Gasteiger partial charge in [0.2, 0.25) is 5.95 Å². The monoisotopic (exact) mass is 491 g/mol. The number of benzene rings is 1. The maximum Gasteiger partial charge on any atom is 0.229 e. The first-order valence-corrected chi connectivity index (χ1v) is 12.3. The number of hydrogen-bond acceptors (Lipinski definition) is 8. The molecule has 2 atom stereocenters. The van der Waals surface area contributed by atoms with Crippen molar-refractivity contribution in [2.24, 2.45) is 13.0 Å². The summed E-state index contributed by atoms with van der Waals surface area (Å²) in [7, 11) is 4.03. The first kappa shape index (κ1) is 23.3. The lowest BCUT2D eigenvalue weighted by molar-refractivity contribution is 0.335. The third kappa shape index (κ3) is 4.60. The fraction of sp³-hybridized carbons (Fsp3) is 0.400. The summed E-state index contributed by atoms with van der Waals surface area (Å²) in [6.07, 6.45) is 5.40. The van der Waals surface area contributed by atoms with Gasteiger partial charge in [0, 0.05) is 56.2 Å². The summed E-state index contributed by atoms with van der Waals surface area (Å²) in [6, 6.07) is 10.4. The second-order valence-corrected chi connectivity index (χ2v) is 9.50. The predicted octanol–water partition coefficient (Wildman–Crippen LogP) is 4.60. The lowest BCUT2D eigenvalue weighted by atomic mass is 9.89. The largest absolute Gasteiger partial charge is 0.355 e. The highest BCUT2D eigenvalue weighted by atomic mass is 35.5. The van der Waals surface area contributed by atoms with Gasteiger partial charge >= 0.3 is 0 Å². The summed E-state index contributed by atoms with van der Waals surface area (Å²) in [5.74, 6) is 2.61. The average Bonchev–Trinajstić information content (AvgIpc) is 3.17. The molecule has 5 rings (SSSR count). The van der Waals surface area contributed by atoms with Crippen molar-refractivity contribution in [3.05, 3.63) is 53.4 Å². The number of fused-ring (bicyclic) bond motifs is 1. The van der Waals surface area contributed by atoms with Gasteiger partial charge in [0.1, 0.15) is 5.02 Å². The molecule has 0 saturated carbocycles. The summed E-state index contributed by atoms with van der Waals surface area (Å²) in [5.41, 5.74) is 2.95. The molecule has 10 heteroatoms. The normalized spacial score (nSPS) is 18.1. The van der Waals surface area contributed by atoms with Crippen molar-refractivity contribution in [1.82, 2.24) is 29.9 Å². The molecular weight excluding hydrogens is 462 g/mol.